The number of nitrogens with two attached hydrogens (primary N) is 1. The molecule has 1 atom stereocenters. The summed E-state index contributed by atoms with van der Waals surface area (Å²) in [5.74, 6) is -0.266. The van der Waals surface area contributed by atoms with Crippen molar-refractivity contribution in [2.45, 2.75) is 19.9 Å². The van der Waals surface area contributed by atoms with Crippen LogP contribution < -0.4 is 5.73 Å². The molecule has 0 aliphatic heterocycles. The highest BCUT2D eigenvalue weighted by Gasteiger charge is 2.14. The summed E-state index contributed by atoms with van der Waals surface area (Å²) in [4.78, 5) is 5.54. The van der Waals surface area contributed by atoms with Crippen LogP contribution in [-0.2, 0) is 0 Å². The number of rotatable bonds is 2. The second-order valence-corrected chi connectivity index (χ2v) is 4.96. The molecule has 2 rings (SSSR count). The van der Waals surface area contributed by atoms with Crippen molar-refractivity contribution in [3.63, 3.8) is 0 Å². The fourth-order valence-electron chi connectivity index (χ4n) is 1.47. The number of hydrogen-bond acceptors (Lipinski definition) is 3. The summed E-state index contributed by atoms with van der Waals surface area (Å²) in [5.41, 5.74) is 7.80. The molecule has 0 aliphatic carbocycles. The molecular formula is C12H13FN2S. The standard InChI is InChI=1S/C12H13FN2S/c1-7-8(2)16-12(15-7)11(14)9-4-3-5-10(13)6-9/h3-6,11H,14H2,1-2H3. The van der Waals surface area contributed by atoms with E-state index in [1.54, 1.807) is 17.4 Å². The van der Waals surface area contributed by atoms with Crippen LogP contribution in [0.15, 0.2) is 24.3 Å². The van der Waals surface area contributed by atoms with Crippen molar-refractivity contribution in [3.8, 4) is 0 Å². The van der Waals surface area contributed by atoms with Crippen molar-refractivity contribution in [1.29, 1.82) is 0 Å². The van der Waals surface area contributed by atoms with Crippen molar-refractivity contribution in [1.82, 2.24) is 4.98 Å². The van der Waals surface area contributed by atoms with Crippen LogP contribution >= 0.6 is 11.3 Å². The van der Waals surface area contributed by atoms with Gasteiger partial charge in [-0.15, -0.1) is 11.3 Å². The van der Waals surface area contributed by atoms with Gasteiger partial charge in [0.2, 0.25) is 0 Å². The van der Waals surface area contributed by atoms with Crippen molar-refractivity contribution >= 4 is 11.3 Å². The van der Waals surface area contributed by atoms with Gasteiger partial charge >= 0.3 is 0 Å². The van der Waals surface area contributed by atoms with Gasteiger partial charge in [-0.2, -0.15) is 0 Å². The summed E-state index contributed by atoms with van der Waals surface area (Å²) in [6.07, 6.45) is 0. The lowest BCUT2D eigenvalue weighted by Gasteiger charge is -2.08. The Morgan fingerprint density at radius 2 is 2.12 bits per heavy atom. The largest absolute Gasteiger partial charge is 0.318 e. The predicted molar refractivity (Wildman–Crippen MR) is 64.0 cm³/mol. The van der Waals surface area contributed by atoms with E-state index >= 15 is 0 Å². The predicted octanol–water partition coefficient (Wildman–Crippen LogP) is 2.95. The monoisotopic (exact) mass is 236 g/mol. The van der Waals surface area contributed by atoms with E-state index in [9.17, 15) is 4.39 Å². The summed E-state index contributed by atoms with van der Waals surface area (Å²) < 4.78 is 13.1. The number of aryl methyl sites for hydroxylation is 2. The summed E-state index contributed by atoms with van der Waals surface area (Å²) >= 11 is 1.56. The molecule has 0 spiro atoms. The van der Waals surface area contributed by atoms with Gasteiger partial charge in [0.1, 0.15) is 10.8 Å². The minimum atomic E-state index is -0.340. The van der Waals surface area contributed by atoms with E-state index in [0.717, 1.165) is 21.1 Å². The molecule has 0 amide bonds. The van der Waals surface area contributed by atoms with E-state index in [1.165, 1.54) is 12.1 Å². The van der Waals surface area contributed by atoms with Gasteiger partial charge in [-0.25, -0.2) is 9.37 Å². The van der Waals surface area contributed by atoms with E-state index in [0.29, 0.717) is 0 Å². The first-order valence-corrected chi connectivity index (χ1v) is 5.84. The minimum absolute atomic E-state index is 0.266. The number of thiazole rings is 1. The van der Waals surface area contributed by atoms with Crippen molar-refractivity contribution in [2.75, 3.05) is 0 Å². The van der Waals surface area contributed by atoms with Gasteiger partial charge in [-0.1, -0.05) is 12.1 Å². The maximum atomic E-state index is 13.1. The van der Waals surface area contributed by atoms with E-state index in [4.69, 9.17) is 5.73 Å². The molecule has 2 aromatic rings. The molecule has 2 N–H and O–H groups in total. The summed E-state index contributed by atoms with van der Waals surface area (Å²) in [7, 11) is 0. The van der Waals surface area contributed by atoms with Crippen LogP contribution in [0.25, 0.3) is 0 Å². The SMILES string of the molecule is Cc1nc(C(N)c2cccc(F)c2)sc1C. The Morgan fingerprint density at radius 3 is 2.69 bits per heavy atom. The van der Waals surface area contributed by atoms with Crippen LogP contribution in [0.1, 0.15) is 27.2 Å². The normalized spacial score (nSPS) is 12.8. The molecule has 1 unspecified atom stereocenters. The average molecular weight is 236 g/mol. The fourth-order valence-corrected chi connectivity index (χ4v) is 2.43. The van der Waals surface area contributed by atoms with Gasteiger partial charge in [0, 0.05) is 4.88 Å². The van der Waals surface area contributed by atoms with Crippen LogP contribution in [0.5, 0.6) is 0 Å². The van der Waals surface area contributed by atoms with Gasteiger partial charge in [0.15, 0.2) is 0 Å². The molecule has 0 saturated carbocycles. The Balaban J connectivity index is 2.35. The highest BCUT2D eigenvalue weighted by molar-refractivity contribution is 7.11. The molecular weight excluding hydrogens is 223 g/mol. The smallest absolute Gasteiger partial charge is 0.123 e. The Morgan fingerprint density at radius 1 is 1.38 bits per heavy atom. The molecule has 0 fully saturated rings. The topological polar surface area (TPSA) is 38.9 Å². The zero-order valence-corrected chi connectivity index (χ0v) is 10.0. The fraction of sp³-hybridized carbons (Fsp3) is 0.250. The Kier molecular flexibility index (Phi) is 3.03. The van der Waals surface area contributed by atoms with Crippen molar-refractivity contribution in [2.24, 2.45) is 5.73 Å². The Bertz CT molecular complexity index is 488. The molecule has 2 nitrogen and oxygen atoms in total. The van der Waals surface area contributed by atoms with E-state index < -0.39 is 0 Å². The summed E-state index contributed by atoms with van der Waals surface area (Å²) in [5, 5.41) is 0.834. The third-order valence-corrected chi connectivity index (χ3v) is 3.67. The second-order valence-electron chi connectivity index (χ2n) is 3.73. The lowest BCUT2D eigenvalue weighted by atomic mass is 10.1. The molecule has 1 aromatic heterocycles. The molecule has 0 saturated heterocycles. The van der Waals surface area contributed by atoms with Crippen LogP contribution in [0.3, 0.4) is 0 Å². The van der Waals surface area contributed by atoms with Crippen LogP contribution in [-0.4, -0.2) is 4.98 Å². The lowest BCUT2D eigenvalue weighted by molar-refractivity contribution is 0.623. The molecule has 16 heavy (non-hydrogen) atoms. The first kappa shape index (κ1) is 11.2. The van der Waals surface area contributed by atoms with Crippen LogP contribution in [0.4, 0.5) is 4.39 Å². The molecule has 1 heterocycles. The summed E-state index contributed by atoms with van der Waals surface area (Å²) in [6.45, 7) is 3.96. The van der Waals surface area contributed by atoms with Gasteiger partial charge < -0.3 is 5.73 Å². The molecule has 84 valence electrons. The van der Waals surface area contributed by atoms with Crippen molar-refractivity contribution in [3.05, 3.63) is 51.2 Å². The molecule has 0 radical (unpaired) electrons. The number of nitrogens with zero attached hydrogens (tertiary/aromatic N) is 1. The number of aromatic nitrogens is 1. The first-order chi connectivity index (χ1) is 7.58. The van der Waals surface area contributed by atoms with Crippen molar-refractivity contribution < 1.29 is 4.39 Å². The first-order valence-electron chi connectivity index (χ1n) is 5.03. The highest BCUT2D eigenvalue weighted by Crippen LogP contribution is 2.26. The van der Waals surface area contributed by atoms with Gasteiger partial charge in [-0.3, -0.25) is 0 Å². The number of benzene rings is 1. The summed E-state index contributed by atoms with van der Waals surface area (Å²) in [6, 6.07) is 6.01. The maximum absolute atomic E-state index is 13.1. The van der Waals surface area contributed by atoms with Crippen LogP contribution in [0, 0.1) is 19.7 Å². The van der Waals surface area contributed by atoms with E-state index in [-0.39, 0.29) is 11.9 Å². The molecule has 4 heteroatoms. The molecule has 1 aromatic carbocycles. The van der Waals surface area contributed by atoms with Gasteiger partial charge in [0.25, 0.3) is 0 Å². The third kappa shape index (κ3) is 2.13. The third-order valence-electron chi connectivity index (χ3n) is 2.52. The highest BCUT2D eigenvalue weighted by atomic mass is 32.1. The van der Waals surface area contributed by atoms with Crippen LogP contribution in [0.2, 0.25) is 0 Å². The zero-order valence-electron chi connectivity index (χ0n) is 9.20. The number of halogens is 1. The Hall–Kier alpha value is -1.26. The van der Waals surface area contributed by atoms with E-state index in [1.807, 2.05) is 19.9 Å². The van der Waals surface area contributed by atoms with Gasteiger partial charge in [0.05, 0.1) is 11.7 Å². The second kappa shape index (κ2) is 4.31. The molecule has 0 aliphatic rings. The average Bonchev–Trinajstić information content (AvgIpc) is 2.58. The minimum Gasteiger partial charge on any atom is -0.318 e. The van der Waals surface area contributed by atoms with E-state index in [2.05, 4.69) is 4.98 Å². The Labute approximate surface area is 97.9 Å². The lowest BCUT2D eigenvalue weighted by Crippen LogP contribution is -2.11. The number of hydrogen-bond donors (Lipinski definition) is 1. The maximum Gasteiger partial charge on any atom is 0.123 e. The zero-order chi connectivity index (χ0) is 11.7. The van der Waals surface area contributed by atoms with Gasteiger partial charge in [-0.05, 0) is 31.5 Å². The molecule has 0 bridgehead atoms. The quantitative estimate of drug-likeness (QED) is 0.870.